The molecule has 0 bridgehead atoms. The Labute approximate surface area is 120 Å². The Kier molecular flexibility index (Phi) is 4.04. The summed E-state index contributed by atoms with van der Waals surface area (Å²) in [6, 6.07) is 13.7. The van der Waals surface area contributed by atoms with Crippen molar-refractivity contribution in [2.24, 2.45) is 0 Å². The SMILES string of the molecule is Oc1ccc(O)c(O)c1.Oc1ccc(O)c2ccccc12. The third-order valence-electron chi connectivity index (χ3n) is 2.84. The van der Waals surface area contributed by atoms with Crippen LogP contribution in [0.4, 0.5) is 0 Å². The van der Waals surface area contributed by atoms with Crippen LogP contribution < -0.4 is 0 Å². The quantitative estimate of drug-likeness (QED) is 0.323. The summed E-state index contributed by atoms with van der Waals surface area (Å²) in [7, 11) is 0. The molecule has 0 saturated carbocycles. The van der Waals surface area contributed by atoms with Crippen LogP contribution in [0.3, 0.4) is 0 Å². The molecule has 0 heterocycles. The Morgan fingerprint density at radius 2 is 0.952 bits per heavy atom. The van der Waals surface area contributed by atoms with Crippen molar-refractivity contribution in [3.63, 3.8) is 0 Å². The molecular formula is C16H14O5. The van der Waals surface area contributed by atoms with Crippen molar-refractivity contribution >= 4 is 10.8 Å². The second-order valence-electron chi connectivity index (χ2n) is 4.32. The molecule has 0 amide bonds. The molecule has 0 aliphatic carbocycles. The molecule has 0 spiro atoms. The van der Waals surface area contributed by atoms with E-state index in [1.54, 1.807) is 12.1 Å². The molecule has 108 valence electrons. The second-order valence-corrected chi connectivity index (χ2v) is 4.32. The first-order valence-electron chi connectivity index (χ1n) is 6.09. The first-order valence-corrected chi connectivity index (χ1v) is 6.09. The van der Waals surface area contributed by atoms with Gasteiger partial charge in [0.1, 0.15) is 17.2 Å². The molecule has 0 aliphatic rings. The van der Waals surface area contributed by atoms with Crippen LogP contribution in [0.2, 0.25) is 0 Å². The van der Waals surface area contributed by atoms with Gasteiger partial charge in [0.15, 0.2) is 11.5 Å². The number of benzene rings is 3. The molecule has 0 atom stereocenters. The van der Waals surface area contributed by atoms with Crippen LogP contribution in [0.5, 0.6) is 28.7 Å². The van der Waals surface area contributed by atoms with Gasteiger partial charge in [0.2, 0.25) is 0 Å². The van der Waals surface area contributed by atoms with Crippen molar-refractivity contribution in [3.05, 3.63) is 54.6 Å². The summed E-state index contributed by atoms with van der Waals surface area (Å²) in [5, 5.41) is 46.2. The molecule has 3 aromatic rings. The highest BCUT2D eigenvalue weighted by molar-refractivity contribution is 5.92. The van der Waals surface area contributed by atoms with Crippen LogP contribution in [-0.2, 0) is 0 Å². The zero-order chi connectivity index (χ0) is 15.4. The summed E-state index contributed by atoms with van der Waals surface area (Å²) >= 11 is 0. The first-order chi connectivity index (χ1) is 9.99. The van der Waals surface area contributed by atoms with E-state index in [1.807, 2.05) is 12.1 Å². The van der Waals surface area contributed by atoms with Gasteiger partial charge in [-0.15, -0.1) is 0 Å². The molecule has 5 heteroatoms. The van der Waals surface area contributed by atoms with Crippen molar-refractivity contribution in [1.82, 2.24) is 0 Å². The van der Waals surface area contributed by atoms with Crippen molar-refractivity contribution in [2.75, 3.05) is 0 Å². The molecule has 3 aromatic carbocycles. The van der Waals surface area contributed by atoms with Crippen LogP contribution in [0.25, 0.3) is 10.8 Å². The molecule has 0 fully saturated rings. The monoisotopic (exact) mass is 286 g/mol. The van der Waals surface area contributed by atoms with Crippen LogP contribution in [0.15, 0.2) is 54.6 Å². The average Bonchev–Trinajstić information content (AvgIpc) is 2.48. The minimum absolute atomic E-state index is 0.0645. The third kappa shape index (κ3) is 3.27. The molecular weight excluding hydrogens is 272 g/mol. The molecule has 0 saturated heterocycles. The minimum Gasteiger partial charge on any atom is -0.508 e. The number of rotatable bonds is 0. The third-order valence-corrected chi connectivity index (χ3v) is 2.84. The van der Waals surface area contributed by atoms with Gasteiger partial charge in [-0.25, -0.2) is 0 Å². The Morgan fingerprint density at radius 1 is 0.476 bits per heavy atom. The van der Waals surface area contributed by atoms with Gasteiger partial charge in [-0.1, -0.05) is 24.3 Å². The molecule has 0 aromatic heterocycles. The predicted octanol–water partition coefficient (Wildman–Crippen LogP) is 3.05. The summed E-state index contributed by atoms with van der Waals surface area (Å²) in [6.45, 7) is 0. The lowest BCUT2D eigenvalue weighted by Gasteiger charge is -2.01. The van der Waals surface area contributed by atoms with Crippen molar-refractivity contribution < 1.29 is 25.5 Å². The molecule has 5 N–H and O–H groups in total. The zero-order valence-corrected chi connectivity index (χ0v) is 10.9. The maximum absolute atomic E-state index is 9.38. The lowest BCUT2D eigenvalue weighted by molar-refractivity contribution is 0.396. The van der Waals surface area contributed by atoms with E-state index in [4.69, 9.17) is 15.3 Å². The summed E-state index contributed by atoms with van der Waals surface area (Å²) in [5.41, 5.74) is 0. The fourth-order valence-corrected chi connectivity index (χ4v) is 1.78. The van der Waals surface area contributed by atoms with Gasteiger partial charge in [0, 0.05) is 16.8 Å². The standard InChI is InChI=1S/C10H8O2.C6H6O3/c11-9-5-6-10(12)8-4-2-1-3-7(8)9;7-4-1-2-5(8)6(9)3-4/h1-6,11-12H;1-3,7-9H. The number of hydrogen-bond acceptors (Lipinski definition) is 5. The highest BCUT2D eigenvalue weighted by atomic mass is 16.3. The predicted molar refractivity (Wildman–Crippen MR) is 78.7 cm³/mol. The Morgan fingerprint density at radius 3 is 1.38 bits per heavy atom. The van der Waals surface area contributed by atoms with Crippen molar-refractivity contribution in [1.29, 1.82) is 0 Å². The number of aromatic hydroxyl groups is 5. The van der Waals surface area contributed by atoms with Gasteiger partial charge < -0.3 is 25.5 Å². The van der Waals surface area contributed by atoms with E-state index in [-0.39, 0.29) is 28.7 Å². The van der Waals surface area contributed by atoms with Gasteiger partial charge in [-0.3, -0.25) is 0 Å². The summed E-state index contributed by atoms with van der Waals surface area (Å²) in [4.78, 5) is 0. The molecule has 5 nitrogen and oxygen atoms in total. The van der Waals surface area contributed by atoms with Crippen LogP contribution in [0.1, 0.15) is 0 Å². The molecule has 3 rings (SSSR count). The lowest BCUT2D eigenvalue weighted by atomic mass is 10.1. The fourth-order valence-electron chi connectivity index (χ4n) is 1.78. The minimum atomic E-state index is -0.310. The average molecular weight is 286 g/mol. The number of hydrogen-bond donors (Lipinski definition) is 5. The summed E-state index contributed by atoms with van der Waals surface area (Å²) in [6.07, 6.45) is 0. The fraction of sp³-hybridized carbons (Fsp3) is 0. The highest BCUT2D eigenvalue weighted by Crippen LogP contribution is 2.30. The molecule has 21 heavy (non-hydrogen) atoms. The highest BCUT2D eigenvalue weighted by Gasteiger charge is 2.01. The van der Waals surface area contributed by atoms with Gasteiger partial charge in [0.25, 0.3) is 0 Å². The topological polar surface area (TPSA) is 101 Å². The van der Waals surface area contributed by atoms with E-state index < -0.39 is 0 Å². The van der Waals surface area contributed by atoms with Crippen molar-refractivity contribution in [2.45, 2.75) is 0 Å². The Balaban J connectivity index is 0.000000161. The van der Waals surface area contributed by atoms with Crippen molar-refractivity contribution in [3.8, 4) is 28.7 Å². The van der Waals surface area contributed by atoms with Gasteiger partial charge in [-0.2, -0.15) is 0 Å². The number of fused-ring (bicyclic) bond motifs is 1. The first kappa shape index (κ1) is 14.3. The van der Waals surface area contributed by atoms with Gasteiger partial charge in [-0.05, 0) is 24.3 Å². The van der Waals surface area contributed by atoms with Crippen LogP contribution >= 0.6 is 0 Å². The number of phenols is 5. The van der Waals surface area contributed by atoms with Crippen LogP contribution in [-0.4, -0.2) is 25.5 Å². The van der Waals surface area contributed by atoms with Gasteiger partial charge >= 0.3 is 0 Å². The Hall–Kier alpha value is -3.08. The van der Waals surface area contributed by atoms with Crippen LogP contribution in [0, 0.1) is 0 Å². The lowest BCUT2D eigenvalue weighted by Crippen LogP contribution is -1.73. The van der Waals surface area contributed by atoms with E-state index in [2.05, 4.69) is 0 Å². The van der Waals surface area contributed by atoms with E-state index in [9.17, 15) is 10.2 Å². The van der Waals surface area contributed by atoms with E-state index in [1.165, 1.54) is 24.3 Å². The number of phenolic OH excluding ortho intramolecular Hbond substituents is 5. The molecule has 0 unspecified atom stereocenters. The zero-order valence-electron chi connectivity index (χ0n) is 10.9. The smallest absolute Gasteiger partial charge is 0.161 e. The van der Waals surface area contributed by atoms with E-state index in [0.717, 1.165) is 6.07 Å². The molecule has 0 aliphatic heterocycles. The second kappa shape index (κ2) is 5.92. The maximum atomic E-state index is 9.38. The Bertz CT molecular complexity index is 727. The maximum Gasteiger partial charge on any atom is 0.161 e. The summed E-state index contributed by atoms with van der Waals surface area (Å²) in [5.74, 6) is -0.208. The van der Waals surface area contributed by atoms with E-state index in [0.29, 0.717) is 10.8 Å². The molecule has 0 radical (unpaired) electrons. The van der Waals surface area contributed by atoms with Gasteiger partial charge in [0.05, 0.1) is 0 Å². The normalized spacial score (nSPS) is 9.90. The summed E-state index contributed by atoms with van der Waals surface area (Å²) < 4.78 is 0. The largest absolute Gasteiger partial charge is 0.508 e. The van der Waals surface area contributed by atoms with E-state index >= 15 is 0 Å².